The van der Waals surface area contributed by atoms with Crippen LogP contribution in [0.5, 0.6) is 0 Å². The van der Waals surface area contributed by atoms with Gasteiger partial charge in [-0.3, -0.25) is 4.79 Å². The summed E-state index contributed by atoms with van der Waals surface area (Å²) in [6.07, 6.45) is 5.77. The zero-order valence-corrected chi connectivity index (χ0v) is 19.7. The molecule has 1 aliphatic carbocycles. The second-order valence-electron chi connectivity index (χ2n) is 9.48. The minimum Gasteiger partial charge on any atom is -0.339 e. The van der Waals surface area contributed by atoms with Gasteiger partial charge in [0.2, 0.25) is 0 Å². The molecule has 0 unspecified atom stereocenters. The molecule has 0 aromatic heterocycles. The summed E-state index contributed by atoms with van der Waals surface area (Å²) >= 11 is 0. The topological polar surface area (TPSA) is 111 Å². The molecule has 4 rings (SSSR count). The molecule has 1 saturated carbocycles. The van der Waals surface area contributed by atoms with Gasteiger partial charge in [-0.15, -0.1) is 0 Å². The first-order valence-corrected chi connectivity index (χ1v) is 12.2. The predicted molar refractivity (Wildman–Crippen MR) is 133 cm³/mol. The van der Waals surface area contributed by atoms with Crippen LogP contribution in [0.15, 0.2) is 42.5 Å². The summed E-state index contributed by atoms with van der Waals surface area (Å²) in [6.45, 7) is 3.28. The molecule has 2 aromatic rings. The number of nitrogens with two attached hydrogens (primary N) is 1. The van der Waals surface area contributed by atoms with Gasteiger partial charge in [-0.1, -0.05) is 31.0 Å². The molecule has 3 amide bonds. The Bertz CT molecular complexity index is 1070. The SMILES string of the molecule is Cc1ccc(C(=O)N2CCC(c3ccc(C#N)cc3)CC2)cc1NC(=O)N[C@H]1CCCC[C@H]1N. The predicted octanol–water partition coefficient (Wildman–Crippen LogP) is 4.28. The van der Waals surface area contributed by atoms with Gasteiger partial charge < -0.3 is 21.3 Å². The van der Waals surface area contributed by atoms with Gasteiger partial charge in [-0.2, -0.15) is 5.26 Å². The van der Waals surface area contributed by atoms with Crippen molar-refractivity contribution in [3.8, 4) is 6.07 Å². The first-order valence-electron chi connectivity index (χ1n) is 12.2. The molecule has 1 saturated heterocycles. The molecule has 7 heteroatoms. The number of amides is 3. The molecular weight excluding hydrogens is 426 g/mol. The van der Waals surface area contributed by atoms with Crippen LogP contribution < -0.4 is 16.4 Å². The van der Waals surface area contributed by atoms with Crippen molar-refractivity contribution >= 4 is 17.6 Å². The Balaban J connectivity index is 1.36. The van der Waals surface area contributed by atoms with Crippen LogP contribution in [0, 0.1) is 18.3 Å². The number of urea groups is 1. The van der Waals surface area contributed by atoms with Crippen molar-refractivity contribution in [3.63, 3.8) is 0 Å². The lowest BCUT2D eigenvalue weighted by Gasteiger charge is -2.32. The highest BCUT2D eigenvalue weighted by atomic mass is 16.2. The van der Waals surface area contributed by atoms with Crippen molar-refractivity contribution in [2.24, 2.45) is 5.73 Å². The molecular formula is C27H33N5O2. The number of anilines is 1. The molecule has 7 nitrogen and oxygen atoms in total. The number of carbonyl (C=O) groups excluding carboxylic acids is 2. The summed E-state index contributed by atoms with van der Waals surface area (Å²) in [5.41, 5.74) is 10.1. The molecule has 2 fully saturated rings. The van der Waals surface area contributed by atoms with E-state index in [1.807, 2.05) is 48.2 Å². The van der Waals surface area contributed by atoms with Gasteiger partial charge in [0.1, 0.15) is 0 Å². The third-order valence-electron chi connectivity index (χ3n) is 7.16. The number of nitriles is 1. The number of nitrogens with one attached hydrogen (secondary N) is 2. The normalized spacial score (nSPS) is 20.9. The van der Waals surface area contributed by atoms with E-state index in [-0.39, 0.29) is 24.0 Å². The Morgan fingerprint density at radius 1 is 1.03 bits per heavy atom. The van der Waals surface area contributed by atoms with Crippen molar-refractivity contribution in [1.82, 2.24) is 10.2 Å². The zero-order chi connectivity index (χ0) is 24.1. The average molecular weight is 460 g/mol. The third-order valence-corrected chi connectivity index (χ3v) is 7.16. The number of rotatable bonds is 4. The minimum atomic E-state index is -0.279. The van der Waals surface area contributed by atoms with E-state index in [2.05, 4.69) is 16.7 Å². The van der Waals surface area contributed by atoms with Crippen molar-refractivity contribution in [2.45, 2.75) is 63.5 Å². The monoisotopic (exact) mass is 459 g/mol. The Morgan fingerprint density at radius 3 is 2.41 bits per heavy atom. The van der Waals surface area contributed by atoms with Gasteiger partial charge in [0.25, 0.3) is 5.91 Å². The summed E-state index contributed by atoms with van der Waals surface area (Å²) in [4.78, 5) is 27.6. The molecule has 1 aliphatic heterocycles. The van der Waals surface area contributed by atoms with Crippen LogP contribution in [-0.4, -0.2) is 42.0 Å². The van der Waals surface area contributed by atoms with Gasteiger partial charge >= 0.3 is 6.03 Å². The van der Waals surface area contributed by atoms with Gasteiger partial charge in [0, 0.05) is 36.4 Å². The maximum Gasteiger partial charge on any atom is 0.319 e. The standard InChI is InChI=1S/C27H33N5O2/c1-18-6-9-22(16-25(18)31-27(34)30-24-5-3-2-4-23(24)29)26(33)32-14-12-21(13-15-32)20-10-7-19(17-28)8-11-20/h6-11,16,21,23-24H,2-5,12-15,29H2,1H3,(H2,30,31,34)/t23-,24+/m1/s1. The molecule has 2 aromatic carbocycles. The van der Waals surface area contributed by atoms with Crippen LogP contribution in [0.4, 0.5) is 10.5 Å². The quantitative estimate of drug-likeness (QED) is 0.634. The molecule has 34 heavy (non-hydrogen) atoms. The lowest BCUT2D eigenvalue weighted by molar-refractivity contribution is 0.0713. The maximum absolute atomic E-state index is 13.2. The van der Waals surface area contributed by atoms with Crippen LogP contribution in [0.1, 0.15) is 71.5 Å². The maximum atomic E-state index is 13.2. The van der Waals surface area contributed by atoms with E-state index in [1.54, 1.807) is 6.07 Å². The summed E-state index contributed by atoms with van der Waals surface area (Å²) < 4.78 is 0. The molecule has 0 spiro atoms. The van der Waals surface area contributed by atoms with E-state index in [9.17, 15) is 9.59 Å². The van der Waals surface area contributed by atoms with Crippen molar-refractivity contribution in [2.75, 3.05) is 18.4 Å². The average Bonchev–Trinajstić information content (AvgIpc) is 2.86. The lowest BCUT2D eigenvalue weighted by atomic mass is 9.89. The van der Waals surface area contributed by atoms with Gasteiger partial charge in [-0.25, -0.2) is 4.79 Å². The number of hydrogen-bond acceptors (Lipinski definition) is 4. The highest BCUT2D eigenvalue weighted by Crippen LogP contribution is 2.29. The number of benzene rings is 2. The number of likely N-dealkylation sites (tertiary alicyclic amines) is 1. The van der Waals surface area contributed by atoms with Crippen LogP contribution in [0.3, 0.4) is 0 Å². The fourth-order valence-electron chi connectivity index (χ4n) is 4.98. The molecule has 1 heterocycles. The number of nitrogens with zero attached hydrogens (tertiary/aromatic N) is 2. The van der Waals surface area contributed by atoms with Crippen LogP contribution in [0.2, 0.25) is 0 Å². The lowest BCUT2D eigenvalue weighted by Crippen LogP contribution is -2.50. The summed E-state index contributed by atoms with van der Waals surface area (Å²) in [6, 6.07) is 15.0. The highest BCUT2D eigenvalue weighted by Gasteiger charge is 2.26. The minimum absolute atomic E-state index is 0.0132. The van der Waals surface area contributed by atoms with E-state index < -0.39 is 0 Å². The largest absolute Gasteiger partial charge is 0.339 e. The van der Waals surface area contributed by atoms with Crippen LogP contribution in [0.25, 0.3) is 0 Å². The Morgan fingerprint density at radius 2 is 1.74 bits per heavy atom. The summed E-state index contributed by atoms with van der Waals surface area (Å²) in [7, 11) is 0. The molecule has 2 atom stereocenters. The van der Waals surface area contributed by atoms with E-state index in [0.29, 0.717) is 35.8 Å². The summed E-state index contributed by atoms with van der Waals surface area (Å²) in [5.74, 6) is 0.373. The van der Waals surface area contributed by atoms with E-state index >= 15 is 0 Å². The van der Waals surface area contributed by atoms with Gasteiger partial charge in [0.15, 0.2) is 0 Å². The Hall–Kier alpha value is -3.37. The van der Waals surface area contributed by atoms with Gasteiger partial charge in [-0.05, 0) is 73.9 Å². The van der Waals surface area contributed by atoms with E-state index in [4.69, 9.17) is 11.0 Å². The number of hydrogen-bond donors (Lipinski definition) is 3. The van der Waals surface area contributed by atoms with Crippen LogP contribution >= 0.6 is 0 Å². The fraction of sp³-hybridized carbons (Fsp3) is 0.444. The van der Waals surface area contributed by atoms with Gasteiger partial charge in [0.05, 0.1) is 11.6 Å². The first kappa shape index (κ1) is 23.8. The molecule has 0 bridgehead atoms. The van der Waals surface area contributed by atoms with Crippen molar-refractivity contribution in [3.05, 3.63) is 64.7 Å². The van der Waals surface area contributed by atoms with Crippen LogP contribution in [-0.2, 0) is 0 Å². The molecule has 178 valence electrons. The second kappa shape index (κ2) is 10.7. The molecule has 2 aliphatic rings. The highest BCUT2D eigenvalue weighted by molar-refractivity contribution is 5.97. The number of carbonyl (C=O) groups is 2. The number of piperidine rings is 1. The third kappa shape index (κ3) is 5.57. The Labute approximate surface area is 201 Å². The van der Waals surface area contributed by atoms with E-state index in [1.165, 1.54) is 5.56 Å². The smallest absolute Gasteiger partial charge is 0.319 e. The number of aryl methyl sites for hydroxylation is 1. The second-order valence-corrected chi connectivity index (χ2v) is 9.48. The Kier molecular flexibility index (Phi) is 7.49. The molecule has 4 N–H and O–H groups in total. The fourth-order valence-corrected chi connectivity index (χ4v) is 4.98. The van der Waals surface area contributed by atoms with Crippen molar-refractivity contribution in [1.29, 1.82) is 5.26 Å². The summed E-state index contributed by atoms with van der Waals surface area (Å²) in [5, 5.41) is 14.9. The molecule has 0 radical (unpaired) electrons. The van der Waals surface area contributed by atoms with Crippen molar-refractivity contribution < 1.29 is 9.59 Å². The zero-order valence-electron chi connectivity index (χ0n) is 19.7. The first-order chi connectivity index (χ1) is 16.4. The van der Waals surface area contributed by atoms with E-state index in [0.717, 1.165) is 44.1 Å².